The number of carbonyl (C=O) groups excluding carboxylic acids is 2. The molecule has 0 saturated heterocycles. The van der Waals surface area contributed by atoms with E-state index in [1.807, 2.05) is 30.3 Å². The Morgan fingerprint density at radius 3 is 2.94 bits per heavy atom. The van der Waals surface area contributed by atoms with Crippen molar-refractivity contribution in [1.29, 1.82) is 5.26 Å². The van der Waals surface area contributed by atoms with Crippen molar-refractivity contribution in [2.45, 2.75) is 50.1 Å². The van der Waals surface area contributed by atoms with Gasteiger partial charge in [-0.2, -0.15) is 5.26 Å². The minimum absolute atomic E-state index is 0.324. The molecule has 3 N–H and O–H groups in total. The summed E-state index contributed by atoms with van der Waals surface area (Å²) in [4.78, 5) is 34.0. The molecule has 1 fully saturated rings. The zero-order chi connectivity index (χ0) is 23.7. The Morgan fingerprint density at radius 2 is 2.18 bits per heavy atom. The van der Waals surface area contributed by atoms with Gasteiger partial charge in [0.2, 0.25) is 5.91 Å². The van der Waals surface area contributed by atoms with E-state index in [1.165, 1.54) is 0 Å². The second-order valence-corrected chi connectivity index (χ2v) is 9.28. The van der Waals surface area contributed by atoms with Gasteiger partial charge >= 0.3 is 0 Å². The van der Waals surface area contributed by atoms with Gasteiger partial charge in [-0.1, -0.05) is 25.0 Å². The van der Waals surface area contributed by atoms with E-state index < -0.39 is 11.6 Å². The Morgan fingerprint density at radius 1 is 1.32 bits per heavy atom. The predicted octanol–water partition coefficient (Wildman–Crippen LogP) is 3.04. The number of methoxy groups -OCH3 is 1. The number of hydrogen-bond acceptors (Lipinski definition) is 5. The molecule has 2 unspecified atom stereocenters. The summed E-state index contributed by atoms with van der Waals surface area (Å²) in [5.74, 6) is 0.392. The molecule has 0 radical (unpaired) electrons. The van der Waals surface area contributed by atoms with E-state index in [9.17, 15) is 14.9 Å². The normalized spacial score (nSPS) is 20.1. The van der Waals surface area contributed by atoms with E-state index in [2.05, 4.69) is 26.7 Å². The number of carbonyl (C=O) groups is 2. The van der Waals surface area contributed by atoms with Crippen molar-refractivity contribution in [1.82, 2.24) is 20.6 Å². The maximum atomic E-state index is 13.4. The first-order valence-corrected chi connectivity index (χ1v) is 11.6. The van der Waals surface area contributed by atoms with Crippen LogP contribution in [-0.2, 0) is 17.6 Å². The molecule has 0 bridgehead atoms. The molecular weight excluding hydrogens is 430 g/mol. The maximum Gasteiger partial charge on any atom is 0.268 e. The number of hydrogen-bond donors (Lipinski definition) is 3. The van der Waals surface area contributed by atoms with Gasteiger partial charge < -0.3 is 20.4 Å². The number of aromatic nitrogens is 2. The molecule has 2 aromatic heterocycles. The van der Waals surface area contributed by atoms with Gasteiger partial charge in [-0.15, -0.1) is 0 Å². The first kappa shape index (κ1) is 22.0. The minimum atomic E-state index is -1.03. The fourth-order valence-electron chi connectivity index (χ4n) is 4.72. The number of aryl methyl sites for hydroxylation is 1. The van der Waals surface area contributed by atoms with Crippen LogP contribution in [-0.4, -0.2) is 40.5 Å². The van der Waals surface area contributed by atoms with Crippen LogP contribution in [0.2, 0.25) is 0 Å². The highest BCUT2D eigenvalue weighted by molar-refractivity contribution is 6.01. The second-order valence-electron chi connectivity index (χ2n) is 9.28. The molecule has 2 atom stereocenters. The third-order valence-corrected chi connectivity index (χ3v) is 6.83. The molecule has 5 rings (SSSR count). The summed E-state index contributed by atoms with van der Waals surface area (Å²) in [6.45, 7) is 0. The van der Waals surface area contributed by atoms with Gasteiger partial charge in [-0.3, -0.25) is 14.6 Å². The van der Waals surface area contributed by atoms with Crippen LogP contribution in [0.5, 0.6) is 5.75 Å². The number of pyridine rings is 1. The van der Waals surface area contributed by atoms with Gasteiger partial charge in [0, 0.05) is 29.2 Å². The van der Waals surface area contributed by atoms with Crippen LogP contribution in [0.3, 0.4) is 0 Å². The largest absolute Gasteiger partial charge is 0.496 e. The molecule has 0 aliphatic heterocycles. The lowest BCUT2D eigenvalue weighted by Crippen LogP contribution is -2.57. The molecule has 1 aromatic carbocycles. The van der Waals surface area contributed by atoms with E-state index >= 15 is 0 Å². The minimum Gasteiger partial charge on any atom is -0.496 e. The topological polar surface area (TPSA) is 120 Å². The van der Waals surface area contributed by atoms with Crippen molar-refractivity contribution < 1.29 is 14.3 Å². The highest BCUT2D eigenvalue weighted by Crippen LogP contribution is 2.34. The monoisotopic (exact) mass is 457 g/mol. The van der Waals surface area contributed by atoms with Gasteiger partial charge in [0.15, 0.2) is 0 Å². The molecule has 174 valence electrons. The third kappa shape index (κ3) is 4.34. The van der Waals surface area contributed by atoms with Crippen molar-refractivity contribution in [3.8, 4) is 11.8 Å². The number of nitriles is 1. The lowest BCUT2D eigenvalue weighted by atomic mass is 9.81. The number of nitrogens with one attached hydrogen (secondary N) is 3. The van der Waals surface area contributed by atoms with E-state index in [0.29, 0.717) is 43.0 Å². The Hall–Kier alpha value is -3.86. The van der Waals surface area contributed by atoms with Crippen LogP contribution in [0, 0.1) is 17.2 Å². The van der Waals surface area contributed by atoms with Crippen LogP contribution in [0.4, 0.5) is 0 Å². The number of benzene rings is 1. The summed E-state index contributed by atoms with van der Waals surface area (Å²) in [5.41, 5.74) is 2.06. The van der Waals surface area contributed by atoms with Crippen LogP contribution in [0.25, 0.3) is 10.9 Å². The van der Waals surface area contributed by atoms with Crippen LogP contribution < -0.4 is 15.4 Å². The Kier molecular flexibility index (Phi) is 5.70. The molecule has 1 saturated carbocycles. The zero-order valence-corrected chi connectivity index (χ0v) is 19.1. The van der Waals surface area contributed by atoms with Crippen molar-refractivity contribution in [2.24, 2.45) is 5.92 Å². The van der Waals surface area contributed by atoms with E-state index in [4.69, 9.17) is 4.74 Å². The molecule has 8 nitrogen and oxygen atoms in total. The highest BCUT2D eigenvalue weighted by Gasteiger charge is 2.40. The molecular formula is C26H27N5O3. The molecule has 3 aromatic rings. The Bertz CT molecular complexity index is 1290. The molecule has 2 aliphatic rings. The van der Waals surface area contributed by atoms with E-state index in [-0.39, 0.29) is 11.8 Å². The van der Waals surface area contributed by atoms with Crippen LogP contribution >= 0.6 is 0 Å². The fourth-order valence-corrected chi connectivity index (χ4v) is 4.72. The average molecular weight is 458 g/mol. The van der Waals surface area contributed by atoms with Crippen LogP contribution in [0.1, 0.15) is 47.4 Å². The van der Waals surface area contributed by atoms with Gasteiger partial charge in [-0.25, -0.2) is 0 Å². The quantitative estimate of drug-likeness (QED) is 0.504. The van der Waals surface area contributed by atoms with E-state index in [0.717, 1.165) is 35.0 Å². The third-order valence-electron chi connectivity index (χ3n) is 6.83. The van der Waals surface area contributed by atoms with Crippen molar-refractivity contribution in [3.63, 3.8) is 0 Å². The molecule has 34 heavy (non-hydrogen) atoms. The number of rotatable bonds is 7. The summed E-state index contributed by atoms with van der Waals surface area (Å²) in [6, 6.07) is 12.8. The summed E-state index contributed by atoms with van der Waals surface area (Å²) in [6.07, 6.45) is 5.90. The summed E-state index contributed by atoms with van der Waals surface area (Å²) >= 11 is 0. The number of amides is 2. The number of fused-ring (bicyclic) bond motifs is 2. The molecule has 8 heteroatoms. The number of aromatic amines is 1. The standard InChI is InChI=1S/C26H27N5O3/c1-34-23-6-2-5-19-18(23)13-21(29-19)24(32)30-20(12-16-7-8-16)25(33)31-26(15-27)10-9-17-4-3-11-28-22(17)14-26/h2-6,11,13,16,20,29H,7-10,12,14H2,1H3,(H,30,32)(H,31,33). The molecule has 2 aliphatic carbocycles. The van der Waals surface area contributed by atoms with Gasteiger partial charge in [0.1, 0.15) is 23.0 Å². The Balaban J connectivity index is 1.34. The summed E-state index contributed by atoms with van der Waals surface area (Å²) in [7, 11) is 1.59. The SMILES string of the molecule is COc1cccc2[nH]c(C(=O)NC(CC3CC3)C(=O)NC3(C#N)CCc4cccnc4C3)cc12. The van der Waals surface area contributed by atoms with Crippen LogP contribution in [0.15, 0.2) is 42.6 Å². The number of nitrogens with zero attached hydrogens (tertiary/aromatic N) is 2. The summed E-state index contributed by atoms with van der Waals surface area (Å²) in [5, 5.41) is 16.7. The molecule has 0 spiro atoms. The number of H-pyrrole nitrogens is 1. The lowest BCUT2D eigenvalue weighted by molar-refractivity contribution is -0.124. The highest BCUT2D eigenvalue weighted by atomic mass is 16.5. The van der Waals surface area contributed by atoms with E-state index in [1.54, 1.807) is 19.4 Å². The van der Waals surface area contributed by atoms with Gasteiger partial charge in [-0.05, 0) is 55.0 Å². The number of ether oxygens (including phenoxy) is 1. The fraction of sp³-hybridized carbons (Fsp3) is 0.385. The van der Waals surface area contributed by atoms with Crippen molar-refractivity contribution in [2.75, 3.05) is 7.11 Å². The molecule has 2 amide bonds. The predicted molar refractivity (Wildman–Crippen MR) is 126 cm³/mol. The maximum absolute atomic E-state index is 13.4. The van der Waals surface area contributed by atoms with Crippen molar-refractivity contribution in [3.05, 3.63) is 59.5 Å². The first-order chi connectivity index (χ1) is 16.5. The zero-order valence-electron chi connectivity index (χ0n) is 19.1. The smallest absolute Gasteiger partial charge is 0.268 e. The van der Waals surface area contributed by atoms with Gasteiger partial charge in [0.05, 0.1) is 13.2 Å². The Labute approximate surface area is 197 Å². The first-order valence-electron chi connectivity index (χ1n) is 11.6. The van der Waals surface area contributed by atoms with Gasteiger partial charge in [0.25, 0.3) is 5.91 Å². The lowest BCUT2D eigenvalue weighted by Gasteiger charge is -2.33. The average Bonchev–Trinajstić information content (AvgIpc) is 3.57. The second kappa shape index (κ2) is 8.82. The van der Waals surface area contributed by atoms with Crippen molar-refractivity contribution >= 4 is 22.7 Å². The molecule has 2 heterocycles. The summed E-state index contributed by atoms with van der Waals surface area (Å²) < 4.78 is 5.38.